The Bertz CT molecular complexity index is 114. The highest BCUT2D eigenvalue weighted by atomic mass is 28.2. The number of carbonyl (C=O) groups is 1. The molecule has 0 aliphatic heterocycles. The molecular formula is C7H16O3Si. The molecule has 0 radical (unpaired) electrons. The van der Waals surface area contributed by atoms with Crippen LogP contribution in [0.2, 0.25) is 6.04 Å². The van der Waals surface area contributed by atoms with Gasteiger partial charge in [-0.3, -0.25) is 4.79 Å². The van der Waals surface area contributed by atoms with E-state index in [0.717, 1.165) is 12.5 Å². The van der Waals surface area contributed by atoms with Crippen molar-refractivity contribution in [1.29, 1.82) is 0 Å². The van der Waals surface area contributed by atoms with Crippen LogP contribution in [-0.2, 0) is 9.22 Å². The van der Waals surface area contributed by atoms with Crippen molar-refractivity contribution in [2.45, 2.75) is 38.8 Å². The first-order chi connectivity index (χ1) is 5.13. The fourth-order valence-corrected chi connectivity index (χ4v) is 1.79. The van der Waals surface area contributed by atoms with E-state index in [1.807, 2.05) is 13.8 Å². The summed E-state index contributed by atoms with van der Waals surface area (Å²) < 4.78 is 5.37. The van der Waals surface area contributed by atoms with Gasteiger partial charge in [-0.15, -0.1) is 0 Å². The summed E-state index contributed by atoms with van der Waals surface area (Å²) in [5.74, 6) is -0.705. The summed E-state index contributed by atoms with van der Waals surface area (Å²) in [7, 11) is -0.442. The molecule has 66 valence electrons. The van der Waals surface area contributed by atoms with Gasteiger partial charge in [0.2, 0.25) is 0 Å². The lowest BCUT2D eigenvalue weighted by atomic mass is 10.3. The van der Waals surface area contributed by atoms with Crippen LogP contribution in [0.1, 0.15) is 26.7 Å². The van der Waals surface area contributed by atoms with E-state index in [0.29, 0.717) is 6.10 Å². The van der Waals surface area contributed by atoms with Gasteiger partial charge in [0.25, 0.3) is 0 Å². The Labute approximate surface area is 69.7 Å². The van der Waals surface area contributed by atoms with Gasteiger partial charge in [0, 0.05) is 12.5 Å². The van der Waals surface area contributed by atoms with Crippen molar-refractivity contribution >= 4 is 15.7 Å². The molecule has 3 nitrogen and oxygen atoms in total. The van der Waals surface area contributed by atoms with E-state index in [1.165, 1.54) is 0 Å². The topological polar surface area (TPSA) is 46.5 Å². The second kappa shape index (κ2) is 6.36. The van der Waals surface area contributed by atoms with E-state index >= 15 is 0 Å². The molecule has 0 aromatic heterocycles. The quantitative estimate of drug-likeness (QED) is 0.480. The predicted molar refractivity (Wildman–Crippen MR) is 46.4 cm³/mol. The standard InChI is InChI=1S/C7H16O3Si/c1-6(2)10-11-5-3-4-7(8)9/h6H,3-5,11H2,1-2H3,(H,8,9). The van der Waals surface area contributed by atoms with Gasteiger partial charge in [0.1, 0.15) is 0 Å². The van der Waals surface area contributed by atoms with Gasteiger partial charge in [-0.1, -0.05) is 0 Å². The molecule has 0 aromatic carbocycles. The Morgan fingerprint density at radius 1 is 1.64 bits per heavy atom. The molecule has 0 saturated carbocycles. The third-order valence-electron chi connectivity index (χ3n) is 1.24. The molecule has 0 aromatic rings. The van der Waals surface area contributed by atoms with Crippen molar-refractivity contribution in [2.24, 2.45) is 0 Å². The lowest BCUT2D eigenvalue weighted by molar-refractivity contribution is -0.137. The zero-order valence-electron chi connectivity index (χ0n) is 7.17. The monoisotopic (exact) mass is 176 g/mol. The SMILES string of the molecule is CC(C)O[SiH2]CCCC(=O)O. The summed E-state index contributed by atoms with van der Waals surface area (Å²) in [6.45, 7) is 4.01. The molecule has 0 atom stereocenters. The average molecular weight is 176 g/mol. The van der Waals surface area contributed by atoms with Gasteiger partial charge in [0.15, 0.2) is 9.76 Å². The first kappa shape index (κ1) is 10.6. The van der Waals surface area contributed by atoms with Crippen molar-refractivity contribution in [2.75, 3.05) is 0 Å². The van der Waals surface area contributed by atoms with E-state index < -0.39 is 15.7 Å². The van der Waals surface area contributed by atoms with Crippen LogP contribution in [0.15, 0.2) is 0 Å². The normalized spacial score (nSPS) is 11.5. The van der Waals surface area contributed by atoms with Crippen LogP contribution in [0, 0.1) is 0 Å². The Hall–Kier alpha value is -0.353. The fourth-order valence-electron chi connectivity index (χ4n) is 0.697. The Kier molecular flexibility index (Phi) is 6.16. The highest BCUT2D eigenvalue weighted by molar-refractivity contribution is 6.27. The molecule has 0 rings (SSSR count). The van der Waals surface area contributed by atoms with Gasteiger partial charge in [-0.2, -0.15) is 0 Å². The second-order valence-electron chi connectivity index (χ2n) is 2.77. The van der Waals surface area contributed by atoms with Gasteiger partial charge in [-0.05, 0) is 26.3 Å². The summed E-state index contributed by atoms with van der Waals surface area (Å²) in [6, 6.07) is 0.977. The van der Waals surface area contributed by atoms with Crippen molar-refractivity contribution in [3.8, 4) is 0 Å². The molecule has 0 saturated heterocycles. The van der Waals surface area contributed by atoms with E-state index in [-0.39, 0.29) is 6.42 Å². The third-order valence-corrected chi connectivity index (χ3v) is 2.93. The summed E-state index contributed by atoms with van der Waals surface area (Å²) in [4.78, 5) is 10.1. The summed E-state index contributed by atoms with van der Waals surface area (Å²) in [5.41, 5.74) is 0. The zero-order valence-corrected chi connectivity index (χ0v) is 8.58. The molecule has 0 fully saturated rings. The molecule has 0 aliphatic carbocycles. The van der Waals surface area contributed by atoms with E-state index in [4.69, 9.17) is 9.53 Å². The number of rotatable bonds is 6. The fraction of sp³-hybridized carbons (Fsp3) is 0.857. The smallest absolute Gasteiger partial charge is 0.303 e. The molecule has 0 unspecified atom stereocenters. The Balaban J connectivity index is 2.97. The summed E-state index contributed by atoms with van der Waals surface area (Å²) in [5, 5.41) is 8.30. The zero-order chi connectivity index (χ0) is 8.69. The van der Waals surface area contributed by atoms with Crippen LogP contribution in [0.25, 0.3) is 0 Å². The molecule has 0 spiro atoms. The minimum Gasteiger partial charge on any atom is -0.481 e. The number of carboxylic acids is 1. The molecule has 0 bridgehead atoms. The molecule has 0 amide bonds. The number of carboxylic acid groups (broad SMARTS) is 1. The molecule has 1 N–H and O–H groups in total. The van der Waals surface area contributed by atoms with Crippen LogP contribution in [0.3, 0.4) is 0 Å². The number of hydrogen-bond acceptors (Lipinski definition) is 2. The van der Waals surface area contributed by atoms with Crippen LogP contribution in [-0.4, -0.2) is 26.9 Å². The largest absolute Gasteiger partial charge is 0.481 e. The lowest BCUT2D eigenvalue weighted by Gasteiger charge is -2.05. The van der Waals surface area contributed by atoms with Gasteiger partial charge >= 0.3 is 5.97 Å². The molecular weight excluding hydrogens is 160 g/mol. The average Bonchev–Trinajstić information content (AvgIpc) is 1.85. The minimum atomic E-state index is -0.705. The van der Waals surface area contributed by atoms with Crippen molar-refractivity contribution in [3.63, 3.8) is 0 Å². The number of aliphatic carboxylic acids is 1. The van der Waals surface area contributed by atoms with Crippen LogP contribution in [0.4, 0.5) is 0 Å². The Morgan fingerprint density at radius 3 is 2.73 bits per heavy atom. The van der Waals surface area contributed by atoms with E-state index in [1.54, 1.807) is 0 Å². The van der Waals surface area contributed by atoms with Gasteiger partial charge in [-0.25, -0.2) is 0 Å². The van der Waals surface area contributed by atoms with Crippen molar-refractivity contribution in [1.82, 2.24) is 0 Å². The third kappa shape index (κ3) is 9.65. The van der Waals surface area contributed by atoms with E-state index in [2.05, 4.69) is 0 Å². The second-order valence-corrected chi connectivity index (χ2v) is 4.22. The highest BCUT2D eigenvalue weighted by Crippen LogP contribution is 1.97. The molecule has 4 heteroatoms. The van der Waals surface area contributed by atoms with Crippen molar-refractivity contribution < 1.29 is 14.3 Å². The predicted octanol–water partition coefficient (Wildman–Crippen LogP) is 0.778. The highest BCUT2D eigenvalue weighted by Gasteiger charge is 1.97. The molecule has 0 aliphatic rings. The molecule has 11 heavy (non-hydrogen) atoms. The Morgan fingerprint density at radius 2 is 2.27 bits per heavy atom. The van der Waals surface area contributed by atoms with E-state index in [9.17, 15) is 4.79 Å². The van der Waals surface area contributed by atoms with Gasteiger partial charge < -0.3 is 9.53 Å². The lowest BCUT2D eigenvalue weighted by Crippen LogP contribution is -2.07. The molecule has 0 heterocycles. The van der Waals surface area contributed by atoms with Crippen LogP contribution in [0.5, 0.6) is 0 Å². The first-order valence-corrected chi connectivity index (χ1v) is 5.54. The van der Waals surface area contributed by atoms with Crippen LogP contribution >= 0.6 is 0 Å². The maximum absolute atomic E-state index is 10.1. The maximum Gasteiger partial charge on any atom is 0.303 e. The summed E-state index contributed by atoms with van der Waals surface area (Å²) in [6.07, 6.45) is 1.37. The minimum absolute atomic E-state index is 0.286. The van der Waals surface area contributed by atoms with Crippen LogP contribution < -0.4 is 0 Å². The first-order valence-electron chi connectivity index (χ1n) is 3.96. The van der Waals surface area contributed by atoms with Gasteiger partial charge in [0.05, 0.1) is 0 Å². The van der Waals surface area contributed by atoms with Crippen molar-refractivity contribution in [3.05, 3.63) is 0 Å². The maximum atomic E-state index is 10.1. The summed E-state index contributed by atoms with van der Waals surface area (Å²) >= 11 is 0. The number of hydrogen-bond donors (Lipinski definition) is 1.